The first kappa shape index (κ1) is 15.6. The fourth-order valence-corrected chi connectivity index (χ4v) is 3.30. The van der Waals surface area contributed by atoms with Gasteiger partial charge >= 0.3 is 0 Å². The van der Waals surface area contributed by atoms with E-state index in [0.717, 1.165) is 60.3 Å². The summed E-state index contributed by atoms with van der Waals surface area (Å²) >= 11 is 0. The number of anilines is 2. The Morgan fingerprint density at radius 3 is 2.44 bits per heavy atom. The highest BCUT2D eigenvalue weighted by atomic mass is 16.5. The highest BCUT2D eigenvalue weighted by Crippen LogP contribution is 2.29. The zero-order chi connectivity index (χ0) is 17.2. The van der Waals surface area contributed by atoms with E-state index in [1.807, 2.05) is 30.3 Å². The second-order valence-corrected chi connectivity index (χ2v) is 6.09. The van der Waals surface area contributed by atoms with Gasteiger partial charge in [-0.05, 0) is 24.3 Å². The first-order valence-electron chi connectivity index (χ1n) is 8.45. The Kier molecular flexibility index (Phi) is 4.09. The minimum atomic E-state index is 0.837. The number of benzene rings is 2. The Morgan fingerprint density at radius 1 is 0.920 bits per heavy atom. The third-order valence-corrected chi connectivity index (χ3v) is 4.68. The van der Waals surface area contributed by atoms with Gasteiger partial charge in [-0.25, -0.2) is 4.98 Å². The van der Waals surface area contributed by atoms with Crippen LogP contribution >= 0.6 is 0 Å². The van der Waals surface area contributed by atoms with Crippen LogP contribution in [0.25, 0.3) is 11.0 Å². The molecule has 6 nitrogen and oxygen atoms in total. The molecule has 25 heavy (non-hydrogen) atoms. The average molecular weight is 338 g/mol. The summed E-state index contributed by atoms with van der Waals surface area (Å²) < 4.78 is 10.8. The van der Waals surface area contributed by atoms with E-state index >= 15 is 0 Å². The summed E-state index contributed by atoms with van der Waals surface area (Å²) in [4.78, 5) is 12.8. The van der Waals surface area contributed by atoms with Crippen LogP contribution in [0.2, 0.25) is 0 Å². The minimum absolute atomic E-state index is 0.837. The molecule has 0 bridgehead atoms. The molecule has 1 N–H and O–H groups in total. The number of aromatic amines is 1. The van der Waals surface area contributed by atoms with Gasteiger partial charge in [0.15, 0.2) is 0 Å². The first-order valence-corrected chi connectivity index (χ1v) is 8.45. The molecule has 130 valence electrons. The van der Waals surface area contributed by atoms with Crippen molar-refractivity contribution in [1.82, 2.24) is 9.97 Å². The molecule has 0 amide bonds. The van der Waals surface area contributed by atoms with E-state index in [1.54, 1.807) is 14.2 Å². The maximum Gasteiger partial charge on any atom is 0.203 e. The molecule has 0 atom stereocenters. The van der Waals surface area contributed by atoms with Crippen LogP contribution in [-0.4, -0.2) is 50.4 Å². The molecule has 3 aromatic rings. The van der Waals surface area contributed by atoms with E-state index in [-0.39, 0.29) is 0 Å². The van der Waals surface area contributed by atoms with Crippen molar-refractivity contribution in [2.24, 2.45) is 0 Å². The predicted molar refractivity (Wildman–Crippen MR) is 100 cm³/mol. The number of piperazine rings is 1. The molecule has 2 heterocycles. The van der Waals surface area contributed by atoms with Crippen LogP contribution in [0.5, 0.6) is 11.5 Å². The molecular weight excluding hydrogens is 316 g/mol. The van der Waals surface area contributed by atoms with Gasteiger partial charge in [-0.1, -0.05) is 12.1 Å². The standard InChI is InChI=1S/C19H22N4O2/c1-24-14-7-8-15-16(13-14)21-19(20-15)23-11-9-22(10-12-23)17-5-3-4-6-18(17)25-2/h3-8,13H,9-12H2,1-2H3,(H,20,21). The fourth-order valence-electron chi connectivity index (χ4n) is 3.30. The number of nitrogens with zero attached hydrogens (tertiary/aromatic N) is 3. The number of ether oxygens (including phenoxy) is 2. The number of H-pyrrole nitrogens is 1. The fraction of sp³-hybridized carbons (Fsp3) is 0.316. The van der Waals surface area contributed by atoms with Crippen molar-refractivity contribution in [2.45, 2.75) is 0 Å². The maximum atomic E-state index is 5.49. The molecule has 1 aromatic heterocycles. The Labute approximate surface area is 147 Å². The number of hydrogen-bond donors (Lipinski definition) is 1. The molecule has 1 aliphatic rings. The lowest BCUT2D eigenvalue weighted by Crippen LogP contribution is -2.47. The summed E-state index contributed by atoms with van der Waals surface area (Å²) in [5, 5.41) is 0. The van der Waals surface area contributed by atoms with Gasteiger partial charge in [0.1, 0.15) is 11.5 Å². The molecule has 1 saturated heterocycles. The predicted octanol–water partition coefficient (Wildman–Crippen LogP) is 2.91. The quantitative estimate of drug-likeness (QED) is 0.793. The van der Waals surface area contributed by atoms with Crippen molar-refractivity contribution in [1.29, 1.82) is 0 Å². The van der Waals surface area contributed by atoms with E-state index in [4.69, 9.17) is 14.5 Å². The Morgan fingerprint density at radius 2 is 1.68 bits per heavy atom. The van der Waals surface area contributed by atoms with Gasteiger partial charge in [0.25, 0.3) is 0 Å². The van der Waals surface area contributed by atoms with Crippen LogP contribution in [0.3, 0.4) is 0 Å². The Balaban J connectivity index is 1.50. The molecule has 0 spiro atoms. The highest BCUT2D eigenvalue weighted by Gasteiger charge is 2.21. The SMILES string of the molecule is COc1ccc2nc(N3CCN(c4ccccc4OC)CC3)[nH]c2c1. The van der Waals surface area contributed by atoms with Crippen LogP contribution in [0.15, 0.2) is 42.5 Å². The zero-order valence-corrected chi connectivity index (χ0v) is 14.5. The lowest BCUT2D eigenvalue weighted by atomic mass is 10.2. The van der Waals surface area contributed by atoms with Crippen molar-refractivity contribution in [3.63, 3.8) is 0 Å². The summed E-state index contributed by atoms with van der Waals surface area (Å²) in [5.74, 6) is 2.68. The molecule has 0 unspecified atom stereocenters. The first-order chi connectivity index (χ1) is 12.3. The van der Waals surface area contributed by atoms with Crippen LogP contribution in [0, 0.1) is 0 Å². The molecule has 1 aliphatic heterocycles. The second-order valence-electron chi connectivity index (χ2n) is 6.09. The van der Waals surface area contributed by atoms with Gasteiger partial charge in [-0.3, -0.25) is 0 Å². The van der Waals surface area contributed by atoms with E-state index in [2.05, 4.69) is 26.9 Å². The third-order valence-electron chi connectivity index (χ3n) is 4.68. The number of hydrogen-bond acceptors (Lipinski definition) is 5. The monoisotopic (exact) mass is 338 g/mol. The summed E-state index contributed by atoms with van der Waals surface area (Å²) in [7, 11) is 3.40. The van der Waals surface area contributed by atoms with E-state index < -0.39 is 0 Å². The molecule has 6 heteroatoms. The van der Waals surface area contributed by atoms with Crippen molar-refractivity contribution >= 4 is 22.7 Å². The van der Waals surface area contributed by atoms with E-state index in [9.17, 15) is 0 Å². The lowest BCUT2D eigenvalue weighted by Gasteiger charge is -2.36. The summed E-state index contributed by atoms with van der Waals surface area (Å²) in [6.07, 6.45) is 0. The number of para-hydroxylation sites is 2. The largest absolute Gasteiger partial charge is 0.497 e. The molecule has 0 radical (unpaired) electrons. The second kappa shape index (κ2) is 6.55. The van der Waals surface area contributed by atoms with Crippen molar-refractivity contribution < 1.29 is 9.47 Å². The smallest absolute Gasteiger partial charge is 0.203 e. The topological polar surface area (TPSA) is 53.6 Å². The number of fused-ring (bicyclic) bond motifs is 1. The van der Waals surface area contributed by atoms with Gasteiger partial charge in [0.2, 0.25) is 5.95 Å². The van der Waals surface area contributed by atoms with Gasteiger partial charge in [0.05, 0.1) is 30.9 Å². The van der Waals surface area contributed by atoms with E-state index in [0.29, 0.717) is 0 Å². The van der Waals surface area contributed by atoms with Gasteiger partial charge in [0, 0.05) is 32.2 Å². The van der Waals surface area contributed by atoms with Crippen LogP contribution in [0.4, 0.5) is 11.6 Å². The van der Waals surface area contributed by atoms with Crippen molar-refractivity contribution in [2.75, 3.05) is 50.2 Å². The average Bonchev–Trinajstić information content (AvgIpc) is 3.11. The number of imidazole rings is 1. The van der Waals surface area contributed by atoms with Gasteiger partial charge in [-0.15, -0.1) is 0 Å². The van der Waals surface area contributed by atoms with Crippen LogP contribution in [-0.2, 0) is 0 Å². The molecule has 0 aliphatic carbocycles. The highest BCUT2D eigenvalue weighted by molar-refractivity contribution is 5.79. The minimum Gasteiger partial charge on any atom is -0.497 e. The van der Waals surface area contributed by atoms with Gasteiger partial charge in [-0.2, -0.15) is 0 Å². The van der Waals surface area contributed by atoms with Crippen molar-refractivity contribution in [3.8, 4) is 11.5 Å². The maximum absolute atomic E-state index is 5.49. The zero-order valence-electron chi connectivity index (χ0n) is 14.5. The molecule has 4 rings (SSSR count). The van der Waals surface area contributed by atoms with Crippen LogP contribution in [0.1, 0.15) is 0 Å². The number of rotatable bonds is 4. The summed E-state index contributed by atoms with van der Waals surface area (Å²) in [6, 6.07) is 14.1. The molecular formula is C19H22N4O2. The van der Waals surface area contributed by atoms with Crippen molar-refractivity contribution in [3.05, 3.63) is 42.5 Å². The lowest BCUT2D eigenvalue weighted by molar-refractivity contribution is 0.413. The Bertz CT molecular complexity index is 869. The Hall–Kier alpha value is -2.89. The van der Waals surface area contributed by atoms with Gasteiger partial charge < -0.3 is 24.3 Å². The number of methoxy groups -OCH3 is 2. The van der Waals surface area contributed by atoms with E-state index in [1.165, 1.54) is 0 Å². The molecule has 1 fully saturated rings. The molecule has 2 aromatic carbocycles. The number of aromatic nitrogens is 2. The summed E-state index contributed by atoms with van der Waals surface area (Å²) in [6.45, 7) is 3.69. The number of nitrogens with one attached hydrogen (secondary N) is 1. The molecule has 0 saturated carbocycles. The third kappa shape index (κ3) is 2.95. The van der Waals surface area contributed by atoms with Crippen LogP contribution < -0.4 is 19.3 Å². The normalized spacial score (nSPS) is 14.8. The summed E-state index contributed by atoms with van der Waals surface area (Å²) in [5.41, 5.74) is 3.11.